The first-order chi connectivity index (χ1) is 9.42. The molecular formula is C14H21ClN2O2S. The average Bonchev–Trinajstić information content (AvgIpc) is 2.36. The lowest BCUT2D eigenvalue weighted by atomic mass is 9.76. The zero-order chi connectivity index (χ0) is 15.2. The van der Waals surface area contributed by atoms with Crippen LogP contribution in [0.1, 0.15) is 52.4 Å². The van der Waals surface area contributed by atoms with Crippen molar-refractivity contribution in [2.45, 2.75) is 52.4 Å². The highest BCUT2D eigenvalue weighted by atomic mass is 35.5. The Kier molecular flexibility index (Phi) is 6.62. The highest BCUT2D eigenvalue weighted by molar-refractivity contribution is 7.80. The summed E-state index contributed by atoms with van der Waals surface area (Å²) in [5.74, 6) is -0.645. The van der Waals surface area contributed by atoms with Crippen LogP contribution in [-0.2, 0) is 9.59 Å². The number of hydrogen-bond donors (Lipinski definition) is 2. The van der Waals surface area contributed by atoms with Crippen LogP contribution in [0.4, 0.5) is 0 Å². The fourth-order valence-corrected chi connectivity index (χ4v) is 2.53. The Balaban J connectivity index is 2.87. The highest BCUT2D eigenvalue weighted by Crippen LogP contribution is 2.33. The van der Waals surface area contributed by atoms with Crippen LogP contribution in [-0.4, -0.2) is 16.9 Å². The van der Waals surface area contributed by atoms with Crippen molar-refractivity contribution in [1.29, 1.82) is 0 Å². The van der Waals surface area contributed by atoms with Gasteiger partial charge in [0.1, 0.15) is 5.41 Å². The molecule has 1 aliphatic rings. The van der Waals surface area contributed by atoms with E-state index in [9.17, 15) is 9.59 Å². The third kappa shape index (κ3) is 4.28. The maximum atomic E-state index is 12.3. The molecule has 0 aliphatic carbocycles. The van der Waals surface area contributed by atoms with Crippen molar-refractivity contribution >= 4 is 40.7 Å². The van der Waals surface area contributed by atoms with E-state index >= 15 is 0 Å². The number of thiocarbonyl (C=S) groups is 1. The third-order valence-corrected chi connectivity index (χ3v) is 3.87. The normalized spacial score (nSPS) is 18.8. The van der Waals surface area contributed by atoms with Gasteiger partial charge in [-0.3, -0.25) is 9.59 Å². The van der Waals surface area contributed by atoms with Gasteiger partial charge in [0.05, 0.1) is 0 Å². The molecule has 112 valence electrons. The number of nitrogens with one attached hydrogen (secondary N) is 2. The Labute approximate surface area is 130 Å². The van der Waals surface area contributed by atoms with Crippen molar-refractivity contribution < 1.29 is 9.59 Å². The van der Waals surface area contributed by atoms with E-state index in [0.717, 1.165) is 25.7 Å². The number of rotatable bonds is 7. The molecule has 0 aromatic carbocycles. The topological polar surface area (TPSA) is 58.2 Å². The second-order valence-corrected chi connectivity index (χ2v) is 6.13. The van der Waals surface area contributed by atoms with Crippen LogP contribution in [0.5, 0.6) is 0 Å². The second kappa shape index (κ2) is 7.74. The lowest BCUT2D eigenvalue weighted by Crippen LogP contribution is -2.62. The molecule has 0 aromatic rings. The summed E-state index contributed by atoms with van der Waals surface area (Å²) in [5.41, 5.74) is -1.09. The van der Waals surface area contributed by atoms with Gasteiger partial charge in [-0.25, -0.2) is 0 Å². The Morgan fingerprint density at radius 3 is 2.35 bits per heavy atom. The van der Waals surface area contributed by atoms with Gasteiger partial charge in [0.2, 0.25) is 11.8 Å². The van der Waals surface area contributed by atoms with Crippen molar-refractivity contribution in [3.8, 4) is 0 Å². The minimum Gasteiger partial charge on any atom is -0.302 e. The predicted octanol–water partition coefficient (Wildman–Crippen LogP) is 3.01. The Hall–Kier alpha value is -0.940. The number of halogens is 1. The van der Waals surface area contributed by atoms with Crippen LogP contribution in [0.2, 0.25) is 0 Å². The molecule has 0 unspecified atom stereocenters. The third-order valence-electron chi connectivity index (χ3n) is 3.51. The molecular weight excluding hydrogens is 296 g/mol. The molecule has 1 aliphatic heterocycles. The smallest absolute Gasteiger partial charge is 0.242 e. The summed E-state index contributed by atoms with van der Waals surface area (Å²) in [6, 6.07) is 0. The monoisotopic (exact) mass is 316 g/mol. The van der Waals surface area contributed by atoms with E-state index in [2.05, 4.69) is 17.6 Å². The minimum atomic E-state index is -1.09. The Morgan fingerprint density at radius 1 is 1.25 bits per heavy atom. The van der Waals surface area contributed by atoms with Crippen LogP contribution in [0.25, 0.3) is 0 Å². The standard InChI is InChI=1S/C14H21ClN2O2S/c1-3-4-5-6-8-14(9-7-10(2)15)11(18)16-13(20)17-12(14)19/h7H,3-6,8-9H2,1-2H3,(H2,16,17,18,19,20)/b10-7-. The van der Waals surface area contributed by atoms with E-state index in [4.69, 9.17) is 23.8 Å². The summed E-state index contributed by atoms with van der Waals surface area (Å²) in [6.07, 6.45) is 6.57. The van der Waals surface area contributed by atoms with Crippen LogP contribution >= 0.6 is 23.8 Å². The molecule has 0 aromatic heterocycles. The van der Waals surface area contributed by atoms with Gasteiger partial charge in [0, 0.05) is 5.03 Å². The molecule has 2 amide bonds. The van der Waals surface area contributed by atoms with Crippen LogP contribution in [0, 0.1) is 5.41 Å². The van der Waals surface area contributed by atoms with Crippen molar-refractivity contribution in [2.75, 3.05) is 0 Å². The quantitative estimate of drug-likeness (QED) is 0.431. The minimum absolute atomic E-state index is 0.0794. The molecule has 0 saturated carbocycles. The molecule has 0 radical (unpaired) electrons. The van der Waals surface area contributed by atoms with Crippen LogP contribution in [0.3, 0.4) is 0 Å². The van der Waals surface area contributed by atoms with Crippen molar-refractivity contribution in [3.63, 3.8) is 0 Å². The molecule has 1 rings (SSSR count). The number of unbranched alkanes of at least 4 members (excludes halogenated alkanes) is 3. The van der Waals surface area contributed by atoms with Gasteiger partial charge in [-0.1, -0.05) is 50.3 Å². The number of carbonyl (C=O) groups is 2. The SMILES string of the molecule is CCCCCCC1(C/C=C(/C)Cl)C(=O)NC(=S)NC1=O. The van der Waals surface area contributed by atoms with E-state index in [1.807, 2.05) is 0 Å². The summed E-state index contributed by atoms with van der Waals surface area (Å²) in [5, 5.41) is 5.76. The summed E-state index contributed by atoms with van der Waals surface area (Å²) in [4.78, 5) is 24.6. The zero-order valence-corrected chi connectivity index (χ0v) is 13.5. The fraction of sp³-hybridized carbons (Fsp3) is 0.643. The van der Waals surface area contributed by atoms with Gasteiger partial charge in [0.25, 0.3) is 0 Å². The van der Waals surface area contributed by atoms with Gasteiger partial charge in [-0.2, -0.15) is 0 Å². The predicted molar refractivity (Wildman–Crippen MR) is 84.3 cm³/mol. The van der Waals surface area contributed by atoms with E-state index in [1.54, 1.807) is 13.0 Å². The van der Waals surface area contributed by atoms with Gasteiger partial charge in [0.15, 0.2) is 5.11 Å². The van der Waals surface area contributed by atoms with Crippen LogP contribution < -0.4 is 10.6 Å². The highest BCUT2D eigenvalue weighted by Gasteiger charge is 2.47. The van der Waals surface area contributed by atoms with Gasteiger partial charge in [-0.15, -0.1) is 0 Å². The molecule has 1 fully saturated rings. The molecule has 0 spiro atoms. The lowest BCUT2D eigenvalue weighted by molar-refractivity contribution is -0.144. The first-order valence-electron chi connectivity index (χ1n) is 6.91. The molecule has 2 N–H and O–H groups in total. The van der Waals surface area contributed by atoms with Crippen molar-refractivity contribution in [3.05, 3.63) is 11.1 Å². The van der Waals surface area contributed by atoms with E-state index in [0.29, 0.717) is 17.9 Å². The maximum absolute atomic E-state index is 12.3. The molecule has 4 nitrogen and oxygen atoms in total. The molecule has 0 bridgehead atoms. The van der Waals surface area contributed by atoms with E-state index < -0.39 is 5.41 Å². The molecule has 1 heterocycles. The molecule has 0 atom stereocenters. The largest absolute Gasteiger partial charge is 0.302 e. The Bertz CT molecular complexity index is 411. The maximum Gasteiger partial charge on any atom is 0.242 e. The van der Waals surface area contributed by atoms with Gasteiger partial charge in [-0.05, 0) is 32.0 Å². The molecule has 1 saturated heterocycles. The first-order valence-corrected chi connectivity index (χ1v) is 7.70. The van der Waals surface area contributed by atoms with E-state index in [-0.39, 0.29) is 16.9 Å². The number of amides is 2. The van der Waals surface area contributed by atoms with Crippen molar-refractivity contribution in [2.24, 2.45) is 5.41 Å². The Morgan fingerprint density at radius 2 is 1.85 bits per heavy atom. The first kappa shape index (κ1) is 17.1. The summed E-state index contributed by atoms with van der Waals surface area (Å²) < 4.78 is 0. The summed E-state index contributed by atoms with van der Waals surface area (Å²) >= 11 is 10.7. The number of carbonyl (C=O) groups excluding carboxylic acids is 2. The number of hydrogen-bond acceptors (Lipinski definition) is 3. The van der Waals surface area contributed by atoms with Gasteiger partial charge < -0.3 is 10.6 Å². The van der Waals surface area contributed by atoms with E-state index in [1.165, 1.54) is 0 Å². The molecule has 6 heteroatoms. The number of allylic oxidation sites excluding steroid dienone is 2. The second-order valence-electron chi connectivity index (χ2n) is 5.13. The average molecular weight is 317 g/mol. The van der Waals surface area contributed by atoms with Gasteiger partial charge >= 0.3 is 0 Å². The van der Waals surface area contributed by atoms with Crippen LogP contribution in [0.15, 0.2) is 11.1 Å². The zero-order valence-electron chi connectivity index (χ0n) is 11.9. The fourth-order valence-electron chi connectivity index (χ4n) is 2.26. The lowest BCUT2D eigenvalue weighted by Gasteiger charge is -2.34. The summed E-state index contributed by atoms with van der Waals surface area (Å²) in [7, 11) is 0. The van der Waals surface area contributed by atoms with Crippen molar-refractivity contribution in [1.82, 2.24) is 10.6 Å². The molecule has 20 heavy (non-hydrogen) atoms. The summed E-state index contributed by atoms with van der Waals surface area (Å²) in [6.45, 7) is 3.85.